The van der Waals surface area contributed by atoms with Crippen LogP contribution < -0.4 is 15.0 Å². The van der Waals surface area contributed by atoms with Gasteiger partial charge in [0.05, 0.1) is 25.2 Å². The Morgan fingerprint density at radius 1 is 1.09 bits per heavy atom. The number of carbonyl (C=O) groups is 4. The van der Waals surface area contributed by atoms with Crippen LogP contribution in [0.2, 0.25) is 0 Å². The maximum absolute atomic E-state index is 12.4. The summed E-state index contributed by atoms with van der Waals surface area (Å²) in [6.07, 6.45) is -0.0179. The summed E-state index contributed by atoms with van der Waals surface area (Å²) in [5, 5.41) is 2.62. The number of hydrogen-bond donors (Lipinski definition) is 1. The SMILES string of the molecule is CCOC(=O)c1ccc(N2C[C@@H](C(=O)OCC(=O)Nc3cccc(OC)c3)CC2=O)cc1. The zero-order valence-electron chi connectivity index (χ0n) is 17.8. The van der Waals surface area contributed by atoms with Crippen molar-refractivity contribution in [3.05, 3.63) is 54.1 Å². The van der Waals surface area contributed by atoms with Crippen LogP contribution in [0.5, 0.6) is 5.75 Å². The third kappa shape index (κ3) is 5.63. The molecule has 0 aromatic heterocycles. The number of nitrogens with one attached hydrogen (secondary N) is 1. The summed E-state index contributed by atoms with van der Waals surface area (Å²) in [4.78, 5) is 50.0. The Kier molecular flexibility index (Phi) is 7.43. The summed E-state index contributed by atoms with van der Waals surface area (Å²) in [5.74, 6) is -1.90. The molecule has 2 aromatic carbocycles. The Morgan fingerprint density at radius 2 is 1.84 bits per heavy atom. The average molecular weight is 440 g/mol. The van der Waals surface area contributed by atoms with Crippen LogP contribution in [0.1, 0.15) is 23.7 Å². The van der Waals surface area contributed by atoms with Gasteiger partial charge >= 0.3 is 11.9 Å². The van der Waals surface area contributed by atoms with Crippen molar-refractivity contribution in [3.8, 4) is 5.75 Å². The van der Waals surface area contributed by atoms with Crippen molar-refractivity contribution in [1.82, 2.24) is 0 Å². The minimum Gasteiger partial charge on any atom is -0.497 e. The van der Waals surface area contributed by atoms with Crippen LogP contribution in [0.4, 0.5) is 11.4 Å². The van der Waals surface area contributed by atoms with Gasteiger partial charge in [0.25, 0.3) is 5.91 Å². The lowest BCUT2D eigenvalue weighted by Gasteiger charge is -2.17. The number of ether oxygens (including phenoxy) is 3. The highest BCUT2D eigenvalue weighted by molar-refractivity contribution is 6.00. The number of nitrogens with zero attached hydrogens (tertiary/aromatic N) is 1. The van der Waals surface area contributed by atoms with Gasteiger partial charge in [-0.05, 0) is 43.3 Å². The Morgan fingerprint density at radius 3 is 2.53 bits per heavy atom. The van der Waals surface area contributed by atoms with E-state index in [1.807, 2.05) is 0 Å². The zero-order valence-corrected chi connectivity index (χ0v) is 17.8. The third-order valence-corrected chi connectivity index (χ3v) is 4.85. The summed E-state index contributed by atoms with van der Waals surface area (Å²) in [6, 6.07) is 13.2. The van der Waals surface area contributed by atoms with Gasteiger partial charge in [0.2, 0.25) is 5.91 Å². The second-order valence-electron chi connectivity index (χ2n) is 7.06. The summed E-state index contributed by atoms with van der Waals surface area (Å²) in [5.41, 5.74) is 1.45. The molecule has 0 radical (unpaired) electrons. The second-order valence-corrected chi connectivity index (χ2v) is 7.06. The largest absolute Gasteiger partial charge is 0.497 e. The first-order chi connectivity index (χ1) is 15.4. The van der Waals surface area contributed by atoms with Crippen molar-refractivity contribution < 1.29 is 33.4 Å². The predicted octanol–water partition coefficient (Wildman–Crippen LogP) is 2.41. The van der Waals surface area contributed by atoms with Crippen LogP contribution in [0.3, 0.4) is 0 Å². The summed E-state index contributed by atoms with van der Waals surface area (Å²) in [6.45, 7) is 1.66. The molecule has 0 aliphatic carbocycles. The normalized spacial score (nSPS) is 15.2. The molecule has 0 spiro atoms. The summed E-state index contributed by atoms with van der Waals surface area (Å²) < 4.78 is 15.1. The Hall–Kier alpha value is -3.88. The Labute approximate surface area is 185 Å². The highest BCUT2D eigenvalue weighted by Gasteiger charge is 2.36. The molecule has 168 valence electrons. The molecule has 2 aromatic rings. The number of carbonyl (C=O) groups excluding carboxylic acids is 4. The van der Waals surface area contributed by atoms with Crippen molar-refractivity contribution in [2.75, 3.05) is 37.1 Å². The lowest BCUT2D eigenvalue weighted by atomic mass is 10.1. The molecule has 9 heteroatoms. The number of rotatable bonds is 8. The van der Waals surface area contributed by atoms with E-state index in [-0.39, 0.29) is 25.5 Å². The van der Waals surface area contributed by atoms with Crippen molar-refractivity contribution in [3.63, 3.8) is 0 Å². The molecule has 1 fully saturated rings. The van der Waals surface area contributed by atoms with Crippen LogP contribution in [-0.2, 0) is 23.9 Å². The number of amides is 2. The molecule has 9 nitrogen and oxygen atoms in total. The van der Waals surface area contributed by atoms with Crippen molar-refractivity contribution in [1.29, 1.82) is 0 Å². The van der Waals surface area contributed by atoms with Crippen molar-refractivity contribution in [2.24, 2.45) is 5.92 Å². The first-order valence-electron chi connectivity index (χ1n) is 10.1. The molecule has 0 saturated carbocycles. The molecular formula is C23H24N2O7. The molecule has 1 saturated heterocycles. The van der Waals surface area contributed by atoms with Gasteiger partial charge < -0.3 is 24.4 Å². The van der Waals surface area contributed by atoms with Crippen LogP contribution >= 0.6 is 0 Å². The van der Waals surface area contributed by atoms with Gasteiger partial charge in [-0.3, -0.25) is 14.4 Å². The fourth-order valence-electron chi connectivity index (χ4n) is 3.26. The first kappa shape index (κ1) is 22.8. The fourth-order valence-corrected chi connectivity index (χ4v) is 3.26. The average Bonchev–Trinajstić information content (AvgIpc) is 3.19. The number of esters is 2. The van der Waals surface area contributed by atoms with Crippen LogP contribution in [0, 0.1) is 5.92 Å². The van der Waals surface area contributed by atoms with E-state index in [9.17, 15) is 19.2 Å². The maximum Gasteiger partial charge on any atom is 0.338 e. The van der Waals surface area contributed by atoms with Gasteiger partial charge in [-0.25, -0.2) is 4.79 Å². The molecule has 1 aliphatic rings. The molecule has 1 atom stereocenters. The molecule has 32 heavy (non-hydrogen) atoms. The monoisotopic (exact) mass is 440 g/mol. The topological polar surface area (TPSA) is 111 Å². The van der Waals surface area contributed by atoms with E-state index in [0.717, 1.165) is 0 Å². The van der Waals surface area contributed by atoms with Gasteiger partial charge in [0.15, 0.2) is 6.61 Å². The quantitative estimate of drug-likeness (QED) is 0.628. The maximum atomic E-state index is 12.4. The third-order valence-electron chi connectivity index (χ3n) is 4.85. The van der Waals surface area contributed by atoms with E-state index in [2.05, 4.69) is 5.32 Å². The van der Waals surface area contributed by atoms with Gasteiger partial charge in [-0.15, -0.1) is 0 Å². The molecule has 2 amide bonds. The Bertz CT molecular complexity index is 1000. The van der Waals surface area contributed by atoms with Crippen LogP contribution in [0.15, 0.2) is 48.5 Å². The van der Waals surface area contributed by atoms with Crippen LogP contribution in [-0.4, -0.2) is 50.6 Å². The Balaban J connectivity index is 1.52. The minimum absolute atomic E-state index is 0.0179. The van der Waals surface area contributed by atoms with Crippen molar-refractivity contribution in [2.45, 2.75) is 13.3 Å². The molecular weight excluding hydrogens is 416 g/mol. The van der Waals surface area contributed by atoms with Gasteiger partial charge in [0.1, 0.15) is 5.75 Å². The van der Waals surface area contributed by atoms with E-state index in [1.165, 1.54) is 12.0 Å². The zero-order chi connectivity index (χ0) is 23.1. The highest BCUT2D eigenvalue weighted by Crippen LogP contribution is 2.26. The van der Waals surface area contributed by atoms with E-state index in [4.69, 9.17) is 14.2 Å². The number of anilines is 2. The summed E-state index contributed by atoms with van der Waals surface area (Å²) >= 11 is 0. The predicted molar refractivity (Wildman–Crippen MR) is 115 cm³/mol. The molecule has 1 heterocycles. The number of benzene rings is 2. The fraction of sp³-hybridized carbons (Fsp3) is 0.304. The number of hydrogen-bond acceptors (Lipinski definition) is 7. The first-order valence-corrected chi connectivity index (χ1v) is 10.1. The molecule has 1 N–H and O–H groups in total. The van der Waals surface area contributed by atoms with E-state index in [0.29, 0.717) is 22.7 Å². The molecule has 3 rings (SSSR count). The van der Waals surface area contributed by atoms with Crippen LogP contribution in [0.25, 0.3) is 0 Å². The smallest absolute Gasteiger partial charge is 0.338 e. The highest BCUT2D eigenvalue weighted by atomic mass is 16.5. The van der Waals surface area contributed by atoms with Crippen molar-refractivity contribution >= 4 is 35.1 Å². The van der Waals surface area contributed by atoms with Gasteiger partial charge in [0, 0.05) is 30.4 Å². The molecule has 0 bridgehead atoms. The summed E-state index contributed by atoms with van der Waals surface area (Å²) in [7, 11) is 1.52. The van der Waals surface area contributed by atoms with E-state index >= 15 is 0 Å². The second kappa shape index (κ2) is 10.4. The van der Waals surface area contributed by atoms with Gasteiger partial charge in [-0.1, -0.05) is 6.07 Å². The van der Waals surface area contributed by atoms with E-state index < -0.39 is 30.4 Å². The minimum atomic E-state index is -0.683. The molecule has 0 unspecified atom stereocenters. The molecule has 1 aliphatic heterocycles. The lowest BCUT2D eigenvalue weighted by molar-refractivity contribution is -0.151. The number of methoxy groups -OCH3 is 1. The lowest BCUT2D eigenvalue weighted by Crippen LogP contribution is -2.28. The van der Waals surface area contributed by atoms with Gasteiger partial charge in [-0.2, -0.15) is 0 Å². The van der Waals surface area contributed by atoms with E-state index in [1.54, 1.807) is 55.5 Å². The standard InChI is InChI=1S/C23H24N2O7/c1-3-31-22(28)15-7-9-18(10-8-15)25-13-16(11-21(25)27)23(29)32-14-20(26)24-17-5-4-6-19(12-17)30-2/h4-10,12,16H,3,11,13-14H2,1-2H3,(H,24,26)/t16-/m0/s1.